The van der Waals surface area contributed by atoms with Crippen LogP contribution in [0.25, 0.3) is 32.3 Å². The molecule has 0 saturated carbocycles. The van der Waals surface area contributed by atoms with Crippen LogP contribution in [0.2, 0.25) is 5.02 Å². The lowest BCUT2D eigenvalue weighted by molar-refractivity contribution is 1.22. The van der Waals surface area contributed by atoms with Crippen molar-refractivity contribution < 1.29 is 0 Å². The summed E-state index contributed by atoms with van der Waals surface area (Å²) in [5.74, 6) is 0. The predicted molar refractivity (Wildman–Crippen MR) is 112 cm³/mol. The van der Waals surface area contributed by atoms with E-state index in [1.165, 1.54) is 43.4 Å². The SMILES string of the molecule is Clc1ccccc1Cc1ccc2ccc3ccc(Br)c4ccc1c2c34. The van der Waals surface area contributed by atoms with Gasteiger partial charge in [-0.2, -0.15) is 0 Å². The summed E-state index contributed by atoms with van der Waals surface area (Å²) in [7, 11) is 0. The maximum absolute atomic E-state index is 6.39. The molecule has 0 amide bonds. The Hall–Kier alpha value is -2.09. The molecule has 0 unspecified atom stereocenters. The Morgan fingerprint density at radius 2 is 1.28 bits per heavy atom. The standard InChI is InChI=1S/C23H14BrCl/c24-20-12-9-15-6-5-14-7-8-16(13-17-3-1-2-4-21(17)25)18-10-11-19(20)23(15)22(14)18/h1-12H,13H2. The number of rotatable bonds is 2. The van der Waals surface area contributed by atoms with Crippen molar-refractivity contribution in [2.75, 3.05) is 0 Å². The lowest BCUT2D eigenvalue weighted by Crippen LogP contribution is -1.93. The molecule has 0 aliphatic heterocycles. The Labute approximate surface area is 159 Å². The van der Waals surface area contributed by atoms with Crippen molar-refractivity contribution in [1.82, 2.24) is 0 Å². The predicted octanol–water partition coefficient (Wildman–Crippen LogP) is 7.59. The van der Waals surface area contributed by atoms with Gasteiger partial charge in [0.2, 0.25) is 0 Å². The fourth-order valence-electron chi connectivity index (χ4n) is 3.83. The topological polar surface area (TPSA) is 0 Å². The molecule has 0 aromatic heterocycles. The second-order valence-corrected chi connectivity index (χ2v) is 7.72. The van der Waals surface area contributed by atoms with E-state index in [1.807, 2.05) is 18.2 Å². The molecule has 5 aromatic carbocycles. The van der Waals surface area contributed by atoms with E-state index in [4.69, 9.17) is 11.6 Å². The van der Waals surface area contributed by atoms with Crippen molar-refractivity contribution in [3.05, 3.63) is 93.4 Å². The Kier molecular flexibility index (Phi) is 3.48. The number of benzene rings is 5. The number of halogens is 2. The maximum Gasteiger partial charge on any atom is 0.0441 e. The summed E-state index contributed by atoms with van der Waals surface area (Å²) in [5.41, 5.74) is 2.48. The van der Waals surface area contributed by atoms with E-state index in [2.05, 4.69) is 70.5 Å². The van der Waals surface area contributed by atoms with E-state index >= 15 is 0 Å². The van der Waals surface area contributed by atoms with Gasteiger partial charge in [-0.05, 0) is 62.0 Å². The van der Waals surface area contributed by atoms with Crippen molar-refractivity contribution in [3.8, 4) is 0 Å². The highest BCUT2D eigenvalue weighted by Crippen LogP contribution is 2.39. The van der Waals surface area contributed by atoms with Crippen molar-refractivity contribution in [3.63, 3.8) is 0 Å². The van der Waals surface area contributed by atoms with E-state index in [0.29, 0.717) is 0 Å². The van der Waals surface area contributed by atoms with Crippen molar-refractivity contribution in [2.24, 2.45) is 0 Å². The van der Waals surface area contributed by atoms with Gasteiger partial charge in [0.05, 0.1) is 0 Å². The highest BCUT2D eigenvalue weighted by atomic mass is 79.9. The summed E-state index contributed by atoms with van der Waals surface area (Å²) in [6.45, 7) is 0. The first-order valence-electron chi connectivity index (χ1n) is 8.31. The van der Waals surface area contributed by atoms with Crippen LogP contribution >= 0.6 is 27.5 Å². The highest BCUT2D eigenvalue weighted by molar-refractivity contribution is 9.10. The maximum atomic E-state index is 6.39. The number of hydrogen-bond acceptors (Lipinski definition) is 0. The van der Waals surface area contributed by atoms with Crippen LogP contribution in [-0.2, 0) is 6.42 Å². The molecule has 0 spiro atoms. The minimum atomic E-state index is 0.830. The summed E-state index contributed by atoms with van der Waals surface area (Å²) in [5, 5.41) is 8.67. The monoisotopic (exact) mass is 404 g/mol. The Balaban J connectivity index is 1.84. The average Bonchev–Trinajstić information content (AvgIpc) is 2.64. The quantitative estimate of drug-likeness (QED) is 0.265. The second-order valence-electron chi connectivity index (χ2n) is 6.46. The molecule has 5 rings (SSSR count). The van der Waals surface area contributed by atoms with Gasteiger partial charge in [0, 0.05) is 9.50 Å². The Bertz CT molecular complexity index is 1240. The van der Waals surface area contributed by atoms with Crippen LogP contribution < -0.4 is 0 Å². The van der Waals surface area contributed by atoms with E-state index in [9.17, 15) is 0 Å². The van der Waals surface area contributed by atoms with Crippen LogP contribution in [0.4, 0.5) is 0 Å². The Morgan fingerprint density at radius 3 is 2.08 bits per heavy atom. The van der Waals surface area contributed by atoms with Gasteiger partial charge in [-0.3, -0.25) is 0 Å². The minimum absolute atomic E-state index is 0.830. The van der Waals surface area contributed by atoms with Crippen molar-refractivity contribution in [2.45, 2.75) is 6.42 Å². The van der Waals surface area contributed by atoms with Crippen LogP contribution in [0.3, 0.4) is 0 Å². The summed E-state index contributed by atoms with van der Waals surface area (Å²) >= 11 is 10.1. The summed E-state index contributed by atoms with van der Waals surface area (Å²) < 4.78 is 1.14. The molecule has 2 heteroatoms. The number of hydrogen-bond donors (Lipinski definition) is 0. The van der Waals surface area contributed by atoms with Crippen molar-refractivity contribution in [1.29, 1.82) is 0 Å². The first kappa shape index (κ1) is 15.2. The fourth-order valence-corrected chi connectivity index (χ4v) is 4.49. The van der Waals surface area contributed by atoms with Gasteiger partial charge in [0.25, 0.3) is 0 Å². The van der Waals surface area contributed by atoms with Gasteiger partial charge in [0.1, 0.15) is 0 Å². The average molecular weight is 406 g/mol. The molecule has 0 heterocycles. The van der Waals surface area contributed by atoms with Gasteiger partial charge in [-0.1, -0.05) is 88.2 Å². The molecule has 0 radical (unpaired) electrons. The van der Waals surface area contributed by atoms with Crippen LogP contribution in [0.1, 0.15) is 11.1 Å². The summed E-state index contributed by atoms with van der Waals surface area (Å²) in [6.07, 6.45) is 0.842. The van der Waals surface area contributed by atoms with E-state index in [-0.39, 0.29) is 0 Å². The molecular weight excluding hydrogens is 392 g/mol. The molecule has 0 N–H and O–H groups in total. The molecule has 5 aromatic rings. The third-order valence-corrected chi connectivity index (χ3v) is 6.10. The van der Waals surface area contributed by atoms with Gasteiger partial charge >= 0.3 is 0 Å². The largest absolute Gasteiger partial charge is 0.0840 e. The van der Waals surface area contributed by atoms with Crippen LogP contribution in [-0.4, -0.2) is 0 Å². The molecule has 0 aliphatic carbocycles. The van der Waals surface area contributed by atoms with Gasteiger partial charge < -0.3 is 0 Å². The fraction of sp³-hybridized carbons (Fsp3) is 0.0435. The zero-order valence-corrected chi connectivity index (χ0v) is 15.7. The summed E-state index contributed by atoms with van der Waals surface area (Å²) in [4.78, 5) is 0. The second kappa shape index (κ2) is 5.72. The molecule has 0 atom stereocenters. The van der Waals surface area contributed by atoms with Gasteiger partial charge in [0.15, 0.2) is 0 Å². The smallest absolute Gasteiger partial charge is 0.0441 e. The van der Waals surface area contributed by atoms with Crippen LogP contribution in [0, 0.1) is 0 Å². The third kappa shape index (κ3) is 2.34. The zero-order chi connectivity index (χ0) is 17.0. The molecule has 0 bridgehead atoms. The van der Waals surface area contributed by atoms with Gasteiger partial charge in [-0.15, -0.1) is 0 Å². The van der Waals surface area contributed by atoms with E-state index < -0.39 is 0 Å². The lowest BCUT2D eigenvalue weighted by atomic mass is 9.90. The molecule has 120 valence electrons. The van der Waals surface area contributed by atoms with Crippen molar-refractivity contribution >= 4 is 59.8 Å². The minimum Gasteiger partial charge on any atom is -0.0840 e. The van der Waals surface area contributed by atoms with E-state index in [0.717, 1.165) is 15.9 Å². The first-order chi connectivity index (χ1) is 12.2. The molecule has 0 saturated heterocycles. The van der Waals surface area contributed by atoms with Crippen LogP contribution in [0.5, 0.6) is 0 Å². The summed E-state index contributed by atoms with van der Waals surface area (Å²) in [6, 6.07) is 25.8. The zero-order valence-electron chi connectivity index (χ0n) is 13.4. The van der Waals surface area contributed by atoms with Crippen LogP contribution in [0.15, 0.2) is 77.3 Å². The van der Waals surface area contributed by atoms with Gasteiger partial charge in [-0.25, -0.2) is 0 Å². The third-order valence-electron chi connectivity index (χ3n) is 5.04. The first-order valence-corrected chi connectivity index (χ1v) is 9.48. The lowest BCUT2D eigenvalue weighted by Gasteiger charge is -2.15. The van der Waals surface area contributed by atoms with E-state index in [1.54, 1.807) is 0 Å². The molecule has 0 aliphatic rings. The normalized spacial score (nSPS) is 11.8. The molecule has 0 fully saturated rings. The Morgan fingerprint density at radius 1 is 0.640 bits per heavy atom. The molecular formula is C23H14BrCl. The highest BCUT2D eigenvalue weighted by Gasteiger charge is 2.13. The molecule has 25 heavy (non-hydrogen) atoms. The molecule has 0 nitrogen and oxygen atoms in total.